The highest BCUT2D eigenvalue weighted by Crippen LogP contribution is 2.21. The number of morpholine rings is 1. The first-order valence-corrected chi connectivity index (χ1v) is 9.08. The second-order valence-electron chi connectivity index (χ2n) is 6.75. The lowest BCUT2D eigenvalue weighted by Gasteiger charge is -2.37. The van der Waals surface area contributed by atoms with E-state index in [-0.39, 0.29) is 12.5 Å². The molecule has 0 spiro atoms. The fraction of sp³-hybridized carbons (Fsp3) is 0.632. The summed E-state index contributed by atoms with van der Waals surface area (Å²) in [6, 6.07) is 8.02. The van der Waals surface area contributed by atoms with Gasteiger partial charge >= 0.3 is 0 Å². The molecule has 1 aromatic rings. The number of hydrogen-bond donors (Lipinski definition) is 1. The average molecular weight is 348 g/mol. The van der Waals surface area contributed by atoms with E-state index in [0.29, 0.717) is 18.5 Å². The number of ether oxygens (including phenoxy) is 3. The third-order valence-electron chi connectivity index (χ3n) is 4.92. The summed E-state index contributed by atoms with van der Waals surface area (Å²) < 4.78 is 16.6. The van der Waals surface area contributed by atoms with Crippen LogP contribution in [0.4, 0.5) is 0 Å². The van der Waals surface area contributed by atoms with E-state index < -0.39 is 0 Å². The minimum absolute atomic E-state index is 0.0417. The van der Waals surface area contributed by atoms with Gasteiger partial charge in [0.1, 0.15) is 5.75 Å². The van der Waals surface area contributed by atoms with Crippen molar-refractivity contribution in [2.45, 2.75) is 19.4 Å². The van der Waals surface area contributed by atoms with E-state index >= 15 is 0 Å². The van der Waals surface area contributed by atoms with E-state index in [1.807, 2.05) is 31.2 Å². The van der Waals surface area contributed by atoms with E-state index in [2.05, 4.69) is 10.2 Å². The van der Waals surface area contributed by atoms with Gasteiger partial charge in [-0.15, -0.1) is 0 Å². The van der Waals surface area contributed by atoms with Gasteiger partial charge < -0.3 is 19.5 Å². The molecule has 2 heterocycles. The zero-order valence-electron chi connectivity index (χ0n) is 14.9. The Labute approximate surface area is 149 Å². The summed E-state index contributed by atoms with van der Waals surface area (Å²) in [5.41, 5.74) is 1.17. The highest BCUT2D eigenvalue weighted by molar-refractivity contribution is 5.77. The van der Waals surface area contributed by atoms with Crippen LogP contribution in [0.5, 0.6) is 5.75 Å². The third kappa shape index (κ3) is 5.42. The van der Waals surface area contributed by atoms with Gasteiger partial charge in [0, 0.05) is 38.2 Å². The summed E-state index contributed by atoms with van der Waals surface area (Å²) >= 11 is 0. The van der Waals surface area contributed by atoms with Gasteiger partial charge in [-0.05, 0) is 25.5 Å². The highest BCUT2D eigenvalue weighted by atomic mass is 16.5. The summed E-state index contributed by atoms with van der Waals surface area (Å²) in [6.07, 6.45) is 1.05. The van der Waals surface area contributed by atoms with Crippen LogP contribution in [0.2, 0.25) is 0 Å². The molecule has 25 heavy (non-hydrogen) atoms. The molecule has 1 amide bonds. The maximum atomic E-state index is 12.2. The van der Waals surface area contributed by atoms with Crippen molar-refractivity contribution in [3.8, 4) is 5.75 Å². The van der Waals surface area contributed by atoms with E-state index in [9.17, 15) is 4.79 Å². The molecule has 6 heteroatoms. The Morgan fingerprint density at radius 1 is 1.24 bits per heavy atom. The molecule has 1 N–H and O–H groups in total. The Morgan fingerprint density at radius 3 is 2.68 bits per heavy atom. The Kier molecular flexibility index (Phi) is 6.67. The van der Waals surface area contributed by atoms with Gasteiger partial charge in [0.2, 0.25) is 0 Å². The van der Waals surface area contributed by atoms with Crippen LogP contribution in [0, 0.1) is 12.8 Å². The maximum Gasteiger partial charge on any atom is 0.257 e. The van der Waals surface area contributed by atoms with Gasteiger partial charge in [0.25, 0.3) is 5.91 Å². The van der Waals surface area contributed by atoms with Crippen LogP contribution in [-0.4, -0.2) is 69.5 Å². The van der Waals surface area contributed by atoms with Crippen molar-refractivity contribution >= 4 is 5.91 Å². The Hall–Kier alpha value is -1.63. The summed E-state index contributed by atoms with van der Waals surface area (Å²) in [5, 5.41) is 3.04. The topological polar surface area (TPSA) is 60.0 Å². The fourth-order valence-electron chi connectivity index (χ4n) is 3.41. The molecule has 138 valence electrons. The van der Waals surface area contributed by atoms with Crippen molar-refractivity contribution in [3.63, 3.8) is 0 Å². The first-order valence-electron chi connectivity index (χ1n) is 9.08. The summed E-state index contributed by atoms with van der Waals surface area (Å²) in [7, 11) is 0. The number of nitrogens with zero attached hydrogens (tertiary/aromatic N) is 1. The van der Waals surface area contributed by atoms with Crippen molar-refractivity contribution in [1.29, 1.82) is 0 Å². The van der Waals surface area contributed by atoms with Crippen LogP contribution in [0.25, 0.3) is 0 Å². The van der Waals surface area contributed by atoms with E-state index in [1.165, 1.54) is 5.56 Å². The quantitative estimate of drug-likeness (QED) is 0.803. The molecule has 2 fully saturated rings. The van der Waals surface area contributed by atoms with Gasteiger partial charge in [-0.2, -0.15) is 0 Å². The number of nitrogens with one attached hydrogen (secondary N) is 1. The third-order valence-corrected chi connectivity index (χ3v) is 4.92. The molecule has 0 radical (unpaired) electrons. The van der Waals surface area contributed by atoms with Gasteiger partial charge in [0.05, 0.1) is 19.8 Å². The molecule has 0 aromatic heterocycles. The smallest absolute Gasteiger partial charge is 0.257 e. The molecule has 0 bridgehead atoms. The first kappa shape index (κ1) is 18.2. The highest BCUT2D eigenvalue weighted by Gasteiger charge is 2.31. The van der Waals surface area contributed by atoms with Crippen molar-refractivity contribution < 1.29 is 19.0 Å². The second kappa shape index (κ2) is 9.17. The number of amides is 1. The molecule has 3 rings (SSSR count). The number of carbonyl (C=O) groups is 1. The van der Waals surface area contributed by atoms with Gasteiger partial charge in [0.15, 0.2) is 6.61 Å². The van der Waals surface area contributed by atoms with E-state index in [4.69, 9.17) is 14.2 Å². The number of carbonyl (C=O) groups excluding carboxylic acids is 1. The number of benzene rings is 1. The maximum absolute atomic E-state index is 12.2. The molecule has 2 atom stereocenters. The molecule has 2 unspecified atom stereocenters. The first-order chi connectivity index (χ1) is 12.2. The molecule has 2 saturated heterocycles. The number of aryl methyl sites for hydroxylation is 1. The molecule has 0 aliphatic carbocycles. The summed E-state index contributed by atoms with van der Waals surface area (Å²) in [4.78, 5) is 14.6. The monoisotopic (exact) mass is 348 g/mol. The normalized spacial score (nSPS) is 22.5. The minimum Gasteiger partial charge on any atom is -0.484 e. The van der Waals surface area contributed by atoms with Crippen molar-refractivity contribution in [2.24, 2.45) is 5.92 Å². The standard InChI is InChI=1S/C19H28N2O4/c1-15-2-4-17(5-3-15)25-14-19(22)20-12-18(16-6-9-24-13-16)21-7-10-23-11-8-21/h2-5,16,18H,6-14H2,1H3,(H,20,22). The van der Waals surface area contributed by atoms with Crippen molar-refractivity contribution in [1.82, 2.24) is 10.2 Å². The van der Waals surface area contributed by atoms with Crippen LogP contribution in [-0.2, 0) is 14.3 Å². The SMILES string of the molecule is Cc1ccc(OCC(=O)NCC(C2CCOC2)N2CCOCC2)cc1. The van der Waals surface area contributed by atoms with E-state index in [1.54, 1.807) is 0 Å². The predicted octanol–water partition coefficient (Wildman–Crippen LogP) is 1.23. The van der Waals surface area contributed by atoms with Crippen LogP contribution in [0.3, 0.4) is 0 Å². The zero-order chi connectivity index (χ0) is 17.5. The Balaban J connectivity index is 1.47. The van der Waals surface area contributed by atoms with E-state index in [0.717, 1.165) is 51.7 Å². The van der Waals surface area contributed by atoms with Crippen molar-refractivity contribution in [2.75, 3.05) is 52.7 Å². The van der Waals surface area contributed by atoms with Crippen LogP contribution in [0.15, 0.2) is 24.3 Å². The molecule has 6 nitrogen and oxygen atoms in total. The summed E-state index contributed by atoms with van der Waals surface area (Å²) in [5.74, 6) is 1.10. The molecule has 2 aliphatic rings. The Morgan fingerprint density at radius 2 is 2.00 bits per heavy atom. The van der Waals surface area contributed by atoms with Crippen LogP contribution < -0.4 is 10.1 Å². The number of hydrogen-bond acceptors (Lipinski definition) is 5. The summed E-state index contributed by atoms with van der Waals surface area (Å²) in [6.45, 7) is 7.63. The lowest BCUT2D eigenvalue weighted by atomic mass is 9.97. The van der Waals surface area contributed by atoms with Gasteiger partial charge in [-0.25, -0.2) is 0 Å². The largest absolute Gasteiger partial charge is 0.484 e. The molecule has 1 aromatic carbocycles. The van der Waals surface area contributed by atoms with Gasteiger partial charge in [-0.3, -0.25) is 9.69 Å². The van der Waals surface area contributed by atoms with Crippen LogP contribution in [0.1, 0.15) is 12.0 Å². The average Bonchev–Trinajstić information content (AvgIpc) is 3.17. The lowest BCUT2D eigenvalue weighted by molar-refractivity contribution is -0.123. The lowest BCUT2D eigenvalue weighted by Crippen LogP contribution is -2.52. The minimum atomic E-state index is -0.0854. The predicted molar refractivity (Wildman–Crippen MR) is 94.8 cm³/mol. The molecule has 2 aliphatic heterocycles. The zero-order valence-corrected chi connectivity index (χ0v) is 14.9. The van der Waals surface area contributed by atoms with Gasteiger partial charge in [-0.1, -0.05) is 17.7 Å². The molecule has 0 saturated carbocycles. The molecular formula is C19H28N2O4. The molecular weight excluding hydrogens is 320 g/mol. The fourth-order valence-corrected chi connectivity index (χ4v) is 3.41. The van der Waals surface area contributed by atoms with Crippen LogP contribution >= 0.6 is 0 Å². The Bertz CT molecular complexity index is 537. The van der Waals surface area contributed by atoms with Crippen molar-refractivity contribution in [3.05, 3.63) is 29.8 Å². The number of rotatable bonds is 7. The second-order valence-corrected chi connectivity index (χ2v) is 6.75.